The molecular weight excluding hydrogens is 268 g/mol. The molecule has 2 aromatic carbocycles. The smallest absolute Gasteiger partial charge is 0.153 e. The first-order valence-electron chi connectivity index (χ1n) is 6.65. The number of rotatable bonds is 7. The molecule has 0 atom stereocenters. The van der Waals surface area contributed by atoms with Gasteiger partial charge in [-0.25, -0.2) is 0 Å². The van der Waals surface area contributed by atoms with Crippen LogP contribution in [-0.4, -0.2) is 27.1 Å². The van der Waals surface area contributed by atoms with Crippen LogP contribution in [0.4, 0.5) is 0 Å². The van der Waals surface area contributed by atoms with Crippen LogP contribution in [0.15, 0.2) is 42.5 Å². The van der Waals surface area contributed by atoms with Crippen molar-refractivity contribution in [2.24, 2.45) is 0 Å². The van der Waals surface area contributed by atoms with E-state index in [1.807, 2.05) is 24.3 Å². The van der Waals surface area contributed by atoms with Gasteiger partial charge >= 0.3 is 0 Å². The molecule has 4 heteroatoms. The molecule has 0 aliphatic rings. The quantitative estimate of drug-likeness (QED) is 0.733. The van der Waals surface area contributed by atoms with Crippen LogP contribution < -0.4 is 14.2 Å². The van der Waals surface area contributed by atoms with Crippen molar-refractivity contribution in [1.82, 2.24) is 0 Å². The van der Waals surface area contributed by atoms with Crippen molar-refractivity contribution in [1.29, 1.82) is 0 Å². The van der Waals surface area contributed by atoms with Gasteiger partial charge in [-0.2, -0.15) is 0 Å². The fourth-order valence-electron chi connectivity index (χ4n) is 1.94. The Kier molecular flexibility index (Phi) is 5.21. The molecule has 0 aliphatic heterocycles. The summed E-state index contributed by atoms with van der Waals surface area (Å²) in [4.78, 5) is 11.0. The fraction of sp³-hybridized carbons (Fsp3) is 0.235. The number of carbonyl (C=O) groups excluding carboxylic acids is 1. The molecule has 2 rings (SSSR count). The molecule has 2 aromatic rings. The summed E-state index contributed by atoms with van der Waals surface area (Å²) in [5.74, 6) is 2.04. The van der Waals surface area contributed by atoms with Gasteiger partial charge in [-0.1, -0.05) is 12.1 Å². The lowest BCUT2D eigenvalue weighted by Gasteiger charge is -2.10. The summed E-state index contributed by atoms with van der Waals surface area (Å²) in [6.07, 6.45) is 1.53. The van der Waals surface area contributed by atoms with Gasteiger partial charge in [0.2, 0.25) is 0 Å². The topological polar surface area (TPSA) is 44.8 Å². The number of benzene rings is 2. The zero-order valence-corrected chi connectivity index (χ0v) is 12.2. The molecular formula is C17H18O4. The van der Waals surface area contributed by atoms with Crippen LogP contribution in [0.2, 0.25) is 0 Å². The Morgan fingerprint density at radius 1 is 0.952 bits per heavy atom. The van der Waals surface area contributed by atoms with Gasteiger partial charge in [-0.3, -0.25) is 4.79 Å². The van der Waals surface area contributed by atoms with Crippen LogP contribution in [0.3, 0.4) is 0 Å². The van der Waals surface area contributed by atoms with Gasteiger partial charge in [0.1, 0.15) is 17.2 Å². The highest BCUT2D eigenvalue weighted by Gasteiger charge is 2.05. The standard InChI is InChI=1S/C17H18O4/c1-19-15-6-3-13(4-7-15)9-10-21-17-11-16(20-2)8-5-14(17)12-18/h3-8,11-12H,9-10H2,1-2H3. The number of methoxy groups -OCH3 is 2. The maximum atomic E-state index is 11.0. The average Bonchev–Trinajstić information content (AvgIpc) is 2.55. The molecule has 4 nitrogen and oxygen atoms in total. The fourth-order valence-corrected chi connectivity index (χ4v) is 1.94. The number of carbonyl (C=O) groups is 1. The largest absolute Gasteiger partial charge is 0.497 e. The zero-order valence-electron chi connectivity index (χ0n) is 12.2. The third kappa shape index (κ3) is 3.99. The van der Waals surface area contributed by atoms with Gasteiger partial charge in [0, 0.05) is 12.5 Å². The Bertz CT molecular complexity index is 590. The van der Waals surface area contributed by atoms with Gasteiger partial charge in [-0.05, 0) is 29.8 Å². The van der Waals surface area contributed by atoms with E-state index in [4.69, 9.17) is 14.2 Å². The molecule has 0 heterocycles. The van der Waals surface area contributed by atoms with Gasteiger partial charge in [0.25, 0.3) is 0 Å². The Balaban J connectivity index is 1.97. The third-order valence-corrected chi connectivity index (χ3v) is 3.16. The summed E-state index contributed by atoms with van der Waals surface area (Å²) in [6.45, 7) is 0.486. The van der Waals surface area contributed by atoms with E-state index in [1.165, 1.54) is 0 Å². The van der Waals surface area contributed by atoms with Gasteiger partial charge < -0.3 is 14.2 Å². The number of hydrogen-bond donors (Lipinski definition) is 0. The third-order valence-electron chi connectivity index (χ3n) is 3.16. The lowest BCUT2D eigenvalue weighted by molar-refractivity contribution is 0.111. The monoisotopic (exact) mass is 286 g/mol. The predicted octanol–water partition coefficient (Wildman–Crippen LogP) is 3.14. The number of hydrogen-bond acceptors (Lipinski definition) is 4. The first-order valence-corrected chi connectivity index (χ1v) is 6.65. The molecule has 21 heavy (non-hydrogen) atoms. The Morgan fingerprint density at radius 2 is 1.62 bits per heavy atom. The second kappa shape index (κ2) is 7.33. The van der Waals surface area contributed by atoms with Crippen LogP contribution in [-0.2, 0) is 6.42 Å². The normalized spacial score (nSPS) is 10.0. The molecule has 110 valence electrons. The summed E-state index contributed by atoms with van der Waals surface area (Å²) in [5.41, 5.74) is 1.66. The number of ether oxygens (including phenoxy) is 3. The van der Waals surface area contributed by atoms with E-state index >= 15 is 0 Å². The van der Waals surface area contributed by atoms with Crippen LogP contribution >= 0.6 is 0 Å². The summed E-state index contributed by atoms with van der Waals surface area (Å²) in [5, 5.41) is 0. The summed E-state index contributed by atoms with van der Waals surface area (Å²) in [6, 6.07) is 13.0. The van der Waals surface area contributed by atoms with Crippen molar-refractivity contribution in [3.05, 3.63) is 53.6 Å². The van der Waals surface area contributed by atoms with Crippen LogP contribution in [0.25, 0.3) is 0 Å². The van der Waals surface area contributed by atoms with E-state index in [0.29, 0.717) is 23.7 Å². The highest BCUT2D eigenvalue weighted by atomic mass is 16.5. The SMILES string of the molecule is COc1ccc(CCOc2cc(OC)ccc2C=O)cc1. The molecule has 0 amide bonds. The van der Waals surface area contributed by atoms with Crippen molar-refractivity contribution in [3.8, 4) is 17.2 Å². The van der Waals surface area contributed by atoms with Gasteiger partial charge in [0.05, 0.1) is 26.4 Å². The first kappa shape index (κ1) is 14.9. The number of aldehydes is 1. The lowest BCUT2D eigenvalue weighted by Crippen LogP contribution is -2.03. The summed E-state index contributed by atoms with van der Waals surface area (Å²) in [7, 11) is 3.22. The van der Waals surface area contributed by atoms with Crippen LogP contribution in [0.1, 0.15) is 15.9 Å². The van der Waals surface area contributed by atoms with Crippen molar-refractivity contribution >= 4 is 6.29 Å². The molecule has 0 spiro atoms. The van der Waals surface area contributed by atoms with Crippen molar-refractivity contribution in [3.63, 3.8) is 0 Å². The first-order chi connectivity index (χ1) is 10.3. The maximum Gasteiger partial charge on any atom is 0.153 e. The second-order valence-electron chi connectivity index (χ2n) is 4.47. The molecule has 0 radical (unpaired) electrons. The van der Waals surface area contributed by atoms with Crippen molar-refractivity contribution < 1.29 is 19.0 Å². The van der Waals surface area contributed by atoms with E-state index < -0.39 is 0 Å². The Labute approximate surface area is 124 Å². The van der Waals surface area contributed by atoms with Gasteiger partial charge in [0.15, 0.2) is 6.29 Å². The van der Waals surface area contributed by atoms with Crippen LogP contribution in [0.5, 0.6) is 17.2 Å². The molecule has 0 aromatic heterocycles. The molecule has 0 aliphatic carbocycles. The van der Waals surface area contributed by atoms with Crippen molar-refractivity contribution in [2.45, 2.75) is 6.42 Å². The van der Waals surface area contributed by atoms with Crippen LogP contribution in [0, 0.1) is 0 Å². The minimum Gasteiger partial charge on any atom is -0.497 e. The predicted molar refractivity (Wildman–Crippen MR) is 80.6 cm³/mol. The average molecular weight is 286 g/mol. The molecule has 0 fully saturated rings. The maximum absolute atomic E-state index is 11.0. The van der Waals surface area contributed by atoms with E-state index in [2.05, 4.69) is 0 Å². The summed E-state index contributed by atoms with van der Waals surface area (Å²) < 4.78 is 15.9. The van der Waals surface area contributed by atoms with E-state index in [9.17, 15) is 4.79 Å². The van der Waals surface area contributed by atoms with Gasteiger partial charge in [-0.15, -0.1) is 0 Å². The molecule has 0 bridgehead atoms. The minimum absolute atomic E-state index is 0.486. The van der Waals surface area contributed by atoms with E-state index in [0.717, 1.165) is 24.0 Å². The zero-order chi connectivity index (χ0) is 15.1. The second-order valence-corrected chi connectivity index (χ2v) is 4.47. The highest BCUT2D eigenvalue weighted by molar-refractivity contribution is 5.79. The van der Waals surface area contributed by atoms with Crippen molar-refractivity contribution in [2.75, 3.05) is 20.8 Å². The summed E-state index contributed by atoms with van der Waals surface area (Å²) >= 11 is 0. The molecule has 0 unspecified atom stereocenters. The van der Waals surface area contributed by atoms with E-state index in [1.54, 1.807) is 32.4 Å². The molecule has 0 saturated carbocycles. The lowest BCUT2D eigenvalue weighted by atomic mass is 10.1. The highest BCUT2D eigenvalue weighted by Crippen LogP contribution is 2.23. The minimum atomic E-state index is 0.486. The Hall–Kier alpha value is -2.49. The molecule has 0 saturated heterocycles. The van der Waals surface area contributed by atoms with E-state index in [-0.39, 0.29) is 0 Å². The Morgan fingerprint density at radius 3 is 2.24 bits per heavy atom. The molecule has 0 N–H and O–H groups in total.